The summed E-state index contributed by atoms with van der Waals surface area (Å²) in [5.41, 5.74) is 1.90. The van der Waals surface area contributed by atoms with Crippen LogP contribution in [0.4, 0.5) is 5.69 Å². The van der Waals surface area contributed by atoms with Crippen LogP contribution in [0.3, 0.4) is 0 Å². The van der Waals surface area contributed by atoms with Crippen molar-refractivity contribution < 1.29 is 19.1 Å². The summed E-state index contributed by atoms with van der Waals surface area (Å²) in [6.45, 7) is 0.750. The monoisotopic (exact) mass is 339 g/mol. The molecule has 1 aliphatic rings. The van der Waals surface area contributed by atoms with Gasteiger partial charge < -0.3 is 14.4 Å². The fraction of sp³-hybridized carbons (Fsp3) is 0.300. The Bertz CT molecular complexity index is 737. The van der Waals surface area contributed by atoms with E-state index in [-0.39, 0.29) is 11.9 Å². The van der Waals surface area contributed by atoms with E-state index < -0.39 is 0 Å². The highest BCUT2D eigenvalue weighted by molar-refractivity contribution is 5.95. The average molecular weight is 339 g/mol. The molecule has 5 heteroatoms. The molecule has 0 N–H and O–H groups in total. The second-order valence-electron chi connectivity index (χ2n) is 5.96. The van der Waals surface area contributed by atoms with E-state index in [2.05, 4.69) is 0 Å². The molecular formula is C20H21NO4. The molecule has 130 valence electrons. The van der Waals surface area contributed by atoms with Gasteiger partial charge in [-0.3, -0.25) is 9.59 Å². The summed E-state index contributed by atoms with van der Waals surface area (Å²) in [6, 6.07) is 14.7. The normalized spacial score (nSPS) is 13.8. The van der Waals surface area contributed by atoms with Crippen molar-refractivity contribution in [1.82, 2.24) is 0 Å². The minimum absolute atomic E-state index is 0.143. The fourth-order valence-electron chi connectivity index (χ4n) is 2.84. The first-order valence-electron chi connectivity index (χ1n) is 8.40. The highest BCUT2D eigenvalue weighted by Crippen LogP contribution is 2.24. The van der Waals surface area contributed by atoms with E-state index in [1.165, 1.54) is 0 Å². The Labute approximate surface area is 147 Å². The number of rotatable bonds is 6. The summed E-state index contributed by atoms with van der Waals surface area (Å²) in [7, 11) is 1.62. The van der Waals surface area contributed by atoms with Crippen LogP contribution in [0, 0.1) is 0 Å². The van der Waals surface area contributed by atoms with Crippen molar-refractivity contribution >= 4 is 17.6 Å². The van der Waals surface area contributed by atoms with Gasteiger partial charge in [0.2, 0.25) is 5.91 Å². The van der Waals surface area contributed by atoms with Gasteiger partial charge in [-0.15, -0.1) is 0 Å². The average Bonchev–Trinajstić information content (AvgIpc) is 3.07. The molecular weight excluding hydrogens is 318 g/mol. The summed E-state index contributed by atoms with van der Waals surface area (Å²) in [4.78, 5) is 25.5. The Hall–Kier alpha value is -2.82. The molecule has 5 nitrogen and oxygen atoms in total. The van der Waals surface area contributed by atoms with Gasteiger partial charge in [-0.25, -0.2) is 0 Å². The molecule has 1 fully saturated rings. The number of aryl methyl sites for hydroxylation is 1. The van der Waals surface area contributed by atoms with Crippen molar-refractivity contribution in [2.45, 2.75) is 25.7 Å². The van der Waals surface area contributed by atoms with Crippen LogP contribution in [0.25, 0.3) is 0 Å². The highest BCUT2D eigenvalue weighted by Gasteiger charge is 2.21. The number of amides is 1. The van der Waals surface area contributed by atoms with Crippen LogP contribution in [0.5, 0.6) is 11.5 Å². The van der Waals surface area contributed by atoms with Gasteiger partial charge in [-0.2, -0.15) is 0 Å². The molecule has 1 aliphatic heterocycles. The number of anilines is 1. The predicted octanol–water partition coefficient (Wildman–Crippen LogP) is 3.36. The fourth-order valence-corrected chi connectivity index (χ4v) is 2.84. The molecule has 0 bridgehead atoms. The number of carbonyl (C=O) groups excluding carboxylic acids is 2. The predicted molar refractivity (Wildman–Crippen MR) is 95.0 cm³/mol. The Balaban J connectivity index is 1.51. The zero-order valence-electron chi connectivity index (χ0n) is 14.2. The molecule has 3 rings (SSSR count). The zero-order valence-corrected chi connectivity index (χ0v) is 14.2. The van der Waals surface area contributed by atoms with Gasteiger partial charge in [-0.05, 0) is 54.8 Å². The van der Waals surface area contributed by atoms with Crippen LogP contribution >= 0.6 is 0 Å². The van der Waals surface area contributed by atoms with Gasteiger partial charge in [0.15, 0.2) is 0 Å². The number of hydrogen-bond donors (Lipinski definition) is 0. The summed E-state index contributed by atoms with van der Waals surface area (Å²) in [5, 5.41) is 0. The topological polar surface area (TPSA) is 55.8 Å². The molecule has 0 atom stereocenters. The second kappa shape index (κ2) is 7.83. The second-order valence-corrected chi connectivity index (χ2v) is 5.96. The maximum Gasteiger partial charge on any atom is 0.311 e. The summed E-state index contributed by atoms with van der Waals surface area (Å²) in [5.74, 6) is 1.16. The standard InChI is InChI=1S/C20H21NO4/c1-24-17-9-4-15(5-10-17)6-13-20(23)25-18-11-7-16(8-12-18)21-14-2-3-19(21)22/h4-5,7-12H,2-3,6,13-14H2,1H3. The first-order valence-corrected chi connectivity index (χ1v) is 8.40. The third-order valence-corrected chi connectivity index (χ3v) is 4.23. The van der Waals surface area contributed by atoms with Crippen molar-refractivity contribution in [2.75, 3.05) is 18.6 Å². The molecule has 0 radical (unpaired) electrons. The number of benzene rings is 2. The third-order valence-electron chi connectivity index (χ3n) is 4.23. The van der Waals surface area contributed by atoms with Gasteiger partial charge in [-0.1, -0.05) is 12.1 Å². The molecule has 2 aromatic rings. The molecule has 1 heterocycles. The molecule has 0 unspecified atom stereocenters. The molecule has 0 saturated carbocycles. The van der Waals surface area contributed by atoms with Gasteiger partial charge in [0, 0.05) is 25.1 Å². The molecule has 0 aromatic heterocycles. The van der Waals surface area contributed by atoms with Gasteiger partial charge in [0.25, 0.3) is 0 Å². The van der Waals surface area contributed by atoms with Crippen LogP contribution in [0.1, 0.15) is 24.8 Å². The number of nitrogens with zero attached hydrogens (tertiary/aromatic N) is 1. The Morgan fingerprint density at radius 1 is 1.04 bits per heavy atom. The summed E-state index contributed by atoms with van der Waals surface area (Å²) in [6.07, 6.45) is 2.41. The van der Waals surface area contributed by atoms with Crippen LogP contribution in [-0.4, -0.2) is 25.5 Å². The Morgan fingerprint density at radius 3 is 2.32 bits per heavy atom. The van der Waals surface area contributed by atoms with E-state index in [1.807, 2.05) is 36.4 Å². The Morgan fingerprint density at radius 2 is 1.72 bits per heavy atom. The first kappa shape index (κ1) is 17.0. The lowest BCUT2D eigenvalue weighted by Crippen LogP contribution is -2.23. The summed E-state index contributed by atoms with van der Waals surface area (Å²) < 4.78 is 10.5. The quantitative estimate of drug-likeness (QED) is 0.598. The maximum atomic E-state index is 12.0. The van der Waals surface area contributed by atoms with E-state index >= 15 is 0 Å². The molecule has 25 heavy (non-hydrogen) atoms. The zero-order chi connectivity index (χ0) is 17.6. The molecule has 1 saturated heterocycles. The van der Waals surface area contributed by atoms with Crippen LogP contribution < -0.4 is 14.4 Å². The molecule has 1 amide bonds. The minimum atomic E-state index is -0.277. The van der Waals surface area contributed by atoms with E-state index in [1.54, 1.807) is 24.1 Å². The number of hydrogen-bond acceptors (Lipinski definition) is 4. The lowest BCUT2D eigenvalue weighted by molar-refractivity contribution is -0.134. The molecule has 2 aromatic carbocycles. The number of esters is 1. The van der Waals surface area contributed by atoms with E-state index in [0.29, 0.717) is 25.0 Å². The van der Waals surface area contributed by atoms with Crippen LogP contribution in [0.15, 0.2) is 48.5 Å². The Kier molecular flexibility index (Phi) is 5.33. The van der Waals surface area contributed by atoms with Crippen molar-refractivity contribution in [3.63, 3.8) is 0 Å². The first-order chi connectivity index (χ1) is 12.2. The van der Waals surface area contributed by atoms with E-state index in [0.717, 1.165) is 30.0 Å². The van der Waals surface area contributed by atoms with Crippen molar-refractivity contribution in [3.8, 4) is 11.5 Å². The summed E-state index contributed by atoms with van der Waals surface area (Å²) >= 11 is 0. The van der Waals surface area contributed by atoms with Gasteiger partial charge >= 0.3 is 5.97 Å². The molecule has 0 aliphatic carbocycles. The lowest BCUT2D eigenvalue weighted by atomic mass is 10.1. The smallest absolute Gasteiger partial charge is 0.311 e. The third kappa shape index (κ3) is 4.38. The van der Waals surface area contributed by atoms with Crippen molar-refractivity contribution in [2.24, 2.45) is 0 Å². The number of methoxy groups -OCH3 is 1. The van der Waals surface area contributed by atoms with Crippen LogP contribution in [-0.2, 0) is 16.0 Å². The van der Waals surface area contributed by atoms with Gasteiger partial charge in [0.1, 0.15) is 11.5 Å². The van der Waals surface area contributed by atoms with Crippen molar-refractivity contribution in [1.29, 1.82) is 0 Å². The SMILES string of the molecule is COc1ccc(CCC(=O)Oc2ccc(N3CCCC3=O)cc2)cc1. The molecule has 0 spiro atoms. The highest BCUT2D eigenvalue weighted by atomic mass is 16.5. The largest absolute Gasteiger partial charge is 0.497 e. The maximum absolute atomic E-state index is 12.0. The van der Waals surface area contributed by atoms with E-state index in [4.69, 9.17) is 9.47 Å². The van der Waals surface area contributed by atoms with E-state index in [9.17, 15) is 9.59 Å². The van der Waals surface area contributed by atoms with Gasteiger partial charge in [0.05, 0.1) is 7.11 Å². The van der Waals surface area contributed by atoms with Crippen molar-refractivity contribution in [3.05, 3.63) is 54.1 Å². The van der Waals surface area contributed by atoms with Crippen LogP contribution in [0.2, 0.25) is 0 Å². The lowest BCUT2D eigenvalue weighted by Gasteiger charge is -2.15. The number of carbonyl (C=O) groups is 2. The minimum Gasteiger partial charge on any atom is -0.497 e. The number of ether oxygens (including phenoxy) is 2.